The van der Waals surface area contributed by atoms with Gasteiger partial charge in [-0.25, -0.2) is 0 Å². The first-order valence-corrected chi connectivity index (χ1v) is 6.26. The van der Waals surface area contributed by atoms with Crippen LogP contribution in [-0.2, 0) is 0 Å². The molecule has 3 rings (SSSR count). The summed E-state index contributed by atoms with van der Waals surface area (Å²) < 4.78 is 1.08. The van der Waals surface area contributed by atoms with E-state index in [2.05, 4.69) is 10.2 Å². The van der Waals surface area contributed by atoms with Gasteiger partial charge in [0.1, 0.15) is 0 Å². The molecule has 4 nitrogen and oxygen atoms in total. The predicted molar refractivity (Wildman–Crippen MR) is 78.7 cm³/mol. The van der Waals surface area contributed by atoms with E-state index in [-0.39, 0.29) is 0 Å². The first kappa shape index (κ1) is 12.2. The number of aromatic nitrogens is 1. The maximum atomic E-state index is 9.74. The molecule has 0 amide bonds. The number of rotatable bonds is 2. The molecule has 0 spiro atoms. The summed E-state index contributed by atoms with van der Waals surface area (Å²) >= 11 is 0. The molecule has 2 aromatic carbocycles. The standard InChI is InChI=1S/C16H13N3O/c20-19-11-10-15(14-8-4-5-9-16(14)19)18-17-12-13-6-2-1-3-7-13/h1-12,20H/b17-12+,18-15?. The van der Waals surface area contributed by atoms with Crippen LogP contribution < -0.4 is 5.36 Å². The highest BCUT2D eigenvalue weighted by Crippen LogP contribution is 2.07. The van der Waals surface area contributed by atoms with E-state index >= 15 is 0 Å². The lowest BCUT2D eigenvalue weighted by Crippen LogP contribution is -2.07. The van der Waals surface area contributed by atoms with Crippen molar-refractivity contribution in [2.45, 2.75) is 0 Å². The minimum absolute atomic E-state index is 0.698. The second kappa shape index (κ2) is 5.40. The van der Waals surface area contributed by atoms with Crippen molar-refractivity contribution in [3.05, 3.63) is 77.8 Å². The molecule has 98 valence electrons. The fraction of sp³-hybridized carbons (Fsp3) is 0. The molecule has 4 heteroatoms. The molecule has 20 heavy (non-hydrogen) atoms. The number of nitrogens with zero attached hydrogens (tertiary/aromatic N) is 3. The quantitative estimate of drug-likeness (QED) is 0.431. The second-order valence-electron chi connectivity index (χ2n) is 4.32. The number of pyridine rings is 1. The average molecular weight is 263 g/mol. The molecule has 0 aliphatic heterocycles. The Labute approximate surface area is 115 Å². The monoisotopic (exact) mass is 263 g/mol. The summed E-state index contributed by atoms with van der Waals surface area (Å²) in [6.45, 7) is 0. The molecule has 0 unspecified atom stereocenters. The Bertz CT molecular complexity index is 820. The molecule has 1 aromatic heterocycles. The summed E-state index contributed by atoms with van der Waals surface area (Å²) in [6.07, 6.45) is 3.26. The SMILES string of the molecule is On1ccc(=N/N=C/c2ccccc2)c2ccccc21. The molecule has 1 heterocycles. The van der Waals surface area contributed by atoms with Gasteiger partial charge >= 0.3 is 0 Å². The lowest BCUT2D eigenvalue weighted by atomic mass is 10.2. The molecular formula is C16H13N3O. The molecule has 0 atom stereocenters. The Balaban J connectivity index is 2.05. The van der Waals surface area contributed by atoms with Crippen molar-refractivity contribution in [2.75, 3.05) is 0 Å². The van der Waals surface area contributed by atoms with Gasteiger partial charge < -0.3 is 5.21 Å². The van der Waals surface area contributed by atoms with E-state index < -0.39 is 0 Å². The van der Waals surface area contributed by atoms with Gasteiger partial charge in [-0.3, -0.25) is 0 Å². The van der Waals surface area contributed by atoms with E-state index in [0.29, 0.717) is 5.52 Å². The van der Waals surface area contributed by atoms with E-state index in [1.807, 2.05) is 54.6 Å². The van der Waals surface area contributed by atoms with Crippen LogP contribution in [0.25, 0.3) is 10.9 Å². The van der Waals surface area contributed by atoms with Gasteiger partial charge in [0.2, 0.25) is 0 Å². The lowest BCUT2D eigenvalue weighted by molar-refractivity contribution is 0.198. The van der Waals surface area contributed by atoms with Crippen LogP contribution in [0.15, 0.2) is 77.1 Å². The first-order valence-electron chi connectivity index (χ1n) is 6.26. The zero-order valence-corrected chi connectivity index (χ0v) is 10.7. The summed E-state index contributed by atoms with van der Waals surface area (Å²) in [6, 6.07) is 19.0. The normalized spacial score (nSPS) is 12.3. The zero-order chi connectivity index (χ0) is 13.8. The van der Waals surface area contributed by atoms with E-state index in [1.54, 1.807) is 18.5 Å². The number of benzene rings is 2. The van der Waals surface area contributed by atoms with Crippen molar-refractivity contribution in [1.82, 2.24) is 4.73 Å². The van der Waals surface area contributed by atoms with Crippen LogP contribution in [0.3, 0.4) is 0 Å². The van der Waals surface area contributed by atoms with E-state index in [1.165, 1.54) is 0 Å². The fourth-order valence-electron chi connectivity index (χ4n) is 1.99. The largest absolute Gasteiger partial charge is 0.428 e. The van der Waals surface area contributed by atoms with Crippen LogP contribution in [0, 0.1) is 0 Å². The first-order chi connectivity index (χ1) is 9.84. The topological polar surface area (TPSA) is 49.9 Å². The smallest absolute Gasteiger partial charge is 0.0967 e. The minimum atomic E-state index is 0.698. The van der Waals surface area contributed by atoms with Gasteiger partial charge in [-0.05, 0) is 17.7 Å². The van der Waals surface area contributed by atoms with Crippen LogP contribution in [0.1, 0.15) is 5.56 Å². The van der Waals surface area contributed by atoms with Gasteiger partial charge in [0.15, 0.2) is 0 Å². The molecule has 0 aliphatic carbocycles. The van der Waals surface area contributed by atoms with Crippen LogP contribution >= 0.6 is 0 Å². The van der Waals surface area contributed by atoms with Gasteiger partial charge in [-0.1, -0.05) is 48.5 Å². The van der Waals surface area contributed by atoms with Gasteiger partial charge in [0.25, 0.3) is 0 Å². The molecule has 3 aromatic rings. The maximum absolute atomic E-state index is 9.74. The third-order valence-electron chi connectivity index (χ3n) is 2.97. The fourth-order valence-corrected chi connectivity index (χ4v) is 1.99. The molecule has 0 saturated heterocycles. The number of hydrogen-bond donors (Lipinski definition) is 1. The molecule has 1 N–H and O–H groups in total. The van der Waals surface area contributed by atoms with E-state index in [4.69, 9.17) is 0 Å². The molecule has 0 saturated carbocycles. The highest BCUT2D eigenvalue weighted by Gasteiger charge is 1.98. The van der Waals surface area contributed by atoms with Crippen LogP contribution in [-0.4, -0.2) is 16.2 Å². The molecule has 0 aliphatic rings. The third-order valence-corrected chi connectivity index (χ3v) is 2.97. The number of fused-ring (bicyclic) bond motifs is 1. The van der Waals surface area contributed by atoms with Gasteiger partial charge in [0, 0.05) is 11.6 Å². The summed E-state index contributed by atoms with van der Waals surface area (Å²) in [5.74, 6) is 0. The van der Waals surface area contributed by atoms with Gasteiger partial charge in [-0.2, -0.15) is 14.9 Å². The second-order valence-corrected chi connectivity index (χ2v) is 4.32. The summed E-state index contributed by atoms with van der Waals surface area (Å²) in [5.41, 5.74) is 1.69. The highest BCUT2D eigenvalue weighted by molar-refractivity contribution is 5.80. The number of para-hydroxylation sites is 1. The Hall–Kier alpha value is -2.88. The maximum Gasteiger partial charge on any atom is 0.0967 e. The molecule has 0 radical (unpaired) electrons. The van der Waals surface area contributed by atoms with Crippen molar-refractivity contribution in [1.29, 1.82) is 0 Å². The van der Waals surface area contributed by atoms with Crippen LogP contribution in [0.2, 0.25) is 0 Å². The van der Waals surface area contributed by atoms with Crippen molar-refractivity contribution in [2.24, 2.45) is 10.2 Å². The molecular weight excluding hydrogens is 250 g/mol. The van der Waals surface area contributed by atoms with Gasteiger partial charge in [-0.15, -0.1) is 0 Å². The number of hydrogen-bond acceptors (Lipinski definition) is 3. The van der Waals surface area contributed by atoms with E-state index in [9.17, 15) is 5.21 Å². The molecule has 0 fully saturated rings. The lowest BCUT2D eigenvalue weighted by Gasteiger charge is -2.02. The minimum Gasteiger partial charge on any atom is -0.428 e. The third kappa shape index (κ3) is 2.44. The average Bonchev–Trinajstić information content (AvgIpc) is 2.51. The Morgan fingerprint density at radius 2 is 1.65 bits per heavy atom. The molecule has 0 bridgehead atoms. The summed E-state index contributed by atoms with van der Waals surface area (Å²) in [5, 5.41) is 19.6. The van der Waals surface area contributed by atoms with Crippen molar-refractivity contribution in [3.63, 3.8) is 0 Å². The van der Waals surface area contributed by atoms with Crippen molar-refractivity contribution in [3.8, 4) is 0 Å². The summed E-state index contributed by atoms with van der Waals surface area (Å²) in [4.78, 5) is 0. The van der Waals surface area contributed by atoms with Gasteiger partial charge in [0.05, 0.1) is 17.1 Å². The van der Waals surface area contributed by atoms with Crippen LogP contribution in [0.5, 0.6) is 0 Å². The predicted octanol–water partition coefficient (Wildman–Crippen LogP) is 2.81. The van der Waals surface area contributed by atoms with Crippen LogP contribution in [0.4, 0.5) is 0 Å². The Kier molecular flexibility index (Phi) is 3.29. The van der Waals surface area contributed by atoms with Crippen molar-refractivity contribution < 1.29 is 5.21 Å². The zero-order valence-electron chi connectivity index (χ0n) is 10.7. The highest BCUT2D eigenvalue weighted by atomic mass is 16.5. The van der Waals surface area contributed by atoms with Crippen molar-refractivity contribution >= 4 is 17.1 Å². The van der Waals surface area contributed by atoms with E-state index in [0.717, 1.165) is 21.0 Å². The Morgan fingerprint density at radius 3 is 2.50 bits per heavy atom. The summed E-state index contributed by atoms with van der Waals surface area (Å²) in [7, 11) is 0. The Morgan fingerprint density at radius 1 is 0.900 bits per heavy atom.